The largest absolute Gasteiger partial charge is 0.375 e. The molecular weight excluding hydrogens is 87.5 g/mol. The van der Waals surface area contributed by atoms with Gasteiger partial charge in [-0.2, -0.15) is 0 Å². The van der Waals surface area contributed by atoms with Gasteiger partial charge in [-0.25, -0.2) is 0 Å². The molecule has 2 heteroatoms. The van der Waals surface area contributed by atoms with Gasteiger partial charge in [0.25, 0.3) is 0 Å². The van der Waals surface area contributed by atoms with Crippen LogP contribution in [-0.2, 0) is 0 Å². The van der Waals surface area contributed by atoms with Crippen molar-refractivity contribution in [2.75, 3.05) is 0 Å². The molecule has 0 heterocycles. The van der Waals surface area contributed by atoms with E-state index in [9.17, 15) is 0 Å². The quantitative estimate of drug-likeness (QED) is 0.437. The molecule has 0 saturated heterocycles. The Labute approximate surface area is 35.6 Å². The minimum absolute atomic E-state index is 0.772. The van der Waals surface area contributed by atoms with Crippen LogP contribution in [0.2, 0.25) is 0 Å². The first-order chi connectivity index (χ1) is 2.21. The first kappa shape index (κ1) is 3.44. The molecule has 5 heavy (non-hydrogen) atoms. The van der Waals surface area contributed by atoms with Gasteiger partial charge in [0.1, 0.15) is 5.06 Å². The highest BCUT2D eigenvalue weighted by atomic mass is 35.5. The minimum atomic E-state index is -0.778. The molecule has 0 aromatic carbocycles. The third kappa shape index (κ3) is 0.781. The molecule has 0 aliphatic heterocycles. The molecule has 1 N–H and O–H groups in total. The summed E-state index contributed by atoms with van der Waals surface area (Å²) in [5.74, 6) is 0. The molecular formula is C3H5ClO. The van der Waals surface area contributed by atoms with Crippen LogP contribution in [-0.4, -0.2) is 10.2 Å². The highest BCUT2D eigenvalue weighted by molar-refractivity contribution is 6.24. The van der Waals surface area contributed by atoms with Crippen molar-refractivity contribution < 1.29 is 5.11 Å². The van der Waals surface area contributed by atoms with Gasteiger partial charge in [-0.05, 0) is 12.8 Å². The van der Waals surface area contributed by atoms with Gasteiger partial charge in [-0.1, -0.05) is 11.6 Å². The van der Waals surface area contributed by atoms with Crippen LogP contribution in [0.1, 0.15) is 12.8 Å². The number of alkyl halides is 1. The molecule has 0 unspecified atom stereocenters. The van der Waals surface area contributed by atoms with E-state index in [2.05, 4.69) is 0 Å². The van der Waals surface area contributed by atoms with Crippen LogP contribution in [0.15, 0.2) is 0 Å². The van der Waals surface area contributed by atoms with Gasteiger partial charge in [0.15, 0.2) is 0 Å². The van der Waals surface area contributed by atoms with E-state index < -0.39 is 5.06 Å². The lowest BCUT2D eigenvalue weighted by Gasteiger charge is -1.83. The van der Waals surface area contributed by atoms with Crippen molar-refractivity contribution in [3.05, 3.63) is 0 Å². The van der Waals surface area contributed by atoms with Gasteiger partial charge in [-0.15, -0.1) is 0 Å². The van der Waals surface area contributed by atoms with E-state index in [1.54, 1.807) is 0 Å². The zero-order valence-corrected chi connectivity index (χ0v) is 3.50. The Morgan fingerprint density at radius 3 is 1.80 bits per heavy atom. The molecule has 1 rings (SSSR count). The second kappa shape index (κ2) is 0.660. The van der Waals surface area contributed by atoms with Crippen LogP contribution in [0.3, 0.4) is 0 Å². The van der Waals surface area contributed by atoms with Crippen molar-refractivity contribution in [1.82, 2.24) is 0 Å². The highest BCUT2D eigenvalue weighted by Gasteiger charge is 2.37. The molecule has 1 saturated carbocycles. The van der Waals surface area contributed by atoms with Crippen molar-refractivity contribution in [3.8, 4) is 0 Å². The highest BCUT2D eigenvalue weighted by Crippen LogP contribution is 2.38. The summed E-state index contributed by atoms with van der Waals surface area (Å²) in [4.78, 5) is 0. The third-order valence-corrected chi connectivity index (χ3v) is 1.04. The number of halogens is 1. The molecule has 1 aliphatic carbocycles. The average Bonchev–Trinajstić information content (AvgIpc) is 1.76. The van der Waals surface area contributed by atoms with Gasteiger partial charge < -0.3 is 5.11 Å². The minimum Gasteiger partial charge on any atom is -0.375 e. The van der Waals surface area contributed by atoms with E-state index in [4.69, 9.17) is 16.7 Å². The van der Waals surface area contributed by atoms with E-state index >= 15 is 0 Å². The summed E-state index contributed by atoms with van der Waals surface area (Å²) in [5.41, 5.74) is 0. The molecule has 0 amide bonds. The van der Waals surface area contributed by atoms with Crippen molar-refractivity contribution in [2.45, 2.75) is 17.9 Å². The normalized spacial score (nSPS) is 30.0. The van der Waals surface area contributed by atoms with Crippen LogP contribution in [0.4, 0.5) is 0 Å². The lowest BCUT2D eigenvalue weighted by Crippen LogP contribution is -1.88. The molecule has 30 valence electrons. The number of hydrogen-bond acceptors (Lipinski definition) is 1. The molecule has 0 aromatic heterocycles. The average molecular weight is 92.5 g/mol. The van der Waals surface area contributed by atoms with Crippen LogP contribution in [0, 0.1) is 0 Å². The number of rotatable bonds is 0. The van der Waals surface area contributed by atoms with Crippen molar-refractivity contribution in [3.63, 3.8) is 0 Å². The summed E-state index contributed by atoms with van der Waals surface area (Å²) in [5, 5.41) is 7.62. The van der Waals surface area contributed by atoms with Gasteiger partial charge in [-0.3, -0.25) is 0 Å². The SMILES string of the molecule is OC1(Cl)CC1. The van der Waals surface area contributed by atoms with Gasteiger partial charge >= 0.3 is 0 Å². The van der Waals surface area contributed by atoms with E-state index in [0.29, 0.717) is 0 Å². The van der Waals surface area contributed by atoms with Crippen LogP contribution in [0.25, 0.3) is 0 Å². The fourth-order valence-electron chi connectivity index (χ4n) is 0.103. The lowest BCUT2D eigenvalue weighted by molar-refractivity contribution is 0.238. The first-order valence-electron chi connectivity index (χ1n) is 1.62. The molecule has 0 radical (unpaired) electrons. The second-order valence-electron chi connectivity index (χ2n) is 1.42. The lowest BCUT2D eigenvalue weighted by atomic mass is 10.9. The fraction of sp³-hybridized carbons (Fsp3) is 1.00. The second-order valence-corrected chi connectivity index (χ2v) is 2.12. The van der Waals surface area contributed by atoms with E-state index in [1.165, 1.54) is 0 Å². The standard InChI is InChI=1S/C3H5ClO/c4-3(5)1-2-3/h5H,1-2H2. The molecule has 1 aliphatic rings. The molecule has 0 bridgehead atoms. The van der Waals surface area contributed by atoms with Gasteiger partial charge in [0, 0.05) is 0 Å². The van der Waals surface area contributed by atoms with Crippen molar-refractivity contribution in [2.24, 2.45) is 0 Å². The summed E-state index contributed by atoms with van der Waals surface area (Å²) in [6.45, 7) is 0. The van der Waals surface area contributed by atoms with Gasteiger partial charge in [0.05, 0.1) is 0 Å². The summed E-state index contributed by atoms with van der Waals surface area (Å²) in [7, 11) is 0. The molecule has 1 fully saturated rings. The summed E-state index contributed by atoms with van der Waals surface area (Å²) >= 11 is 5.20. The van der Waals surface area contributed by atoms with E-state index in [0.717, 1.165) is 12.8 Å². The molecule has 0 aromatic rings. The predicted molar refractivity (Wildman–Crippen MR) is 20.0 cm³/mol. The summed E-state index contributed by atoms with van der Waals surface area (Å²) < 4.78 is 0. The van der Waals surface area contributed by atoms with Crippen molar-refractivity contribution in [1.29, 1.82) is 0 Å². The third-order valence-electron chi connectivity index (χ3n) is 0.663. The smallest absolute Gasteiger partial charge is 0.139 e. The Morgan fingerprint density at radius 2 is 1.80 bits per heavy atom. The maximum absolute atomic E-state index is 8.40. The van der Waals surface area contributed by atoms with E-state index in [1.807, 2.05) is 0 Å². The summed E-state index contributed by atoms with van der Waals surface area (Å²) in [6.07, 6.45) is 1.54. The first-order valence-corrected chi connectivity index (χ1v) is 2.00. The number of aliphatic hydroxyl groups is 1. The fourth-order valence-corrected chi connectivity index (χ4v) is 0.198. The monoisotopic (exact) mass is 92.0 g/mol. The van der Waals surface area contributed by atoms with E-state index in [-0.39, 0.29) is 0 Å². The predicted octanol–water partition coefficient (Wildman–Crippen LogP) is 0.708. The summed E-state index contributed by atoms with van der Waals surface area (Å²) in [6, 6.07) is 0. The maximum atomic E-state index is 8.40. The topological polar surface area (TPSA) is 20.2 Å². The Hall–Kier alpha value is 0.250. The number of hydrogen-bond donors (Lipinski definition) is 1. The Bertz CT molecular complexity index is 44.9. The zero-order chi connectivity index (χ0) is 3.91. The molecule has 1 nitrogen and oxygen atoms in total. The maximum Gasteiger partial charge on any atom is 0.139 e. The zero-order valence-electron chi connectivity index (χ0n) is 2.74. The van der Waals surface area contributed by atoms with Crippen LogP contribution >= 0.6 is 11.6 Å². The van der Waals surface area contributed by atoms with Crippen LogP contribution < -0.4 is 0 Å². The van der Waals surface area contributed by atoms with Crippen LogP contribution in [0.5, 0.6) is 0 Å². The molecule has 0 atom stereocenters. The molecule has 0 spiro atoms. The Morgan fingerprint density at radius 1 is 1.60 bits per heavy atom. The van der Waals surface area contributed by atoms with Gasteiger partial charge in [0.2, 0.25) is 0 Å². The van der Waals surface area contributed by atoms with Crippen molar-refractivity contribution >= 4 is 11.6 Å². The Balaban J connectivity index is 2.38. The Kier molecular flexibility index (Phi) is 0.454.